The zero-order valence-corrected chi connectivity index (χ0v) is 16.9. The molecule has 1 aliphatic heterocycles. The van der Waals surface area contributed by atoms with E-state index in [-0.39, 0.29) is 23.1 Å². The van der Waals surface area contributed by atoms with Crippen LogP contribution in [0, 0.1) is 5.92 Å². The summed E-state index contributed by atoms with van der Waals surface area (Å²) in [6.07, 6.45) is -10.2. The Kier molecular flexibility index (Phi) is 5.74. The van der Waals surface area contributed by atoms with E-state index in [4.69, 9.17) is 0 Å². The molecule has 6 nitrogen and oxygen atoms in total. The predicted octanol–water partition coefficient (Wildman–Crippen LogP) is 4.29. The van der Waals surface area contributed by atoms with Gasteiger partial charge in [0.05, 0.1) is 28.5 Å². The zero-order chi connectivity index (χ0) is 24.1. The van der Waals surface area contributed by atoms with E-state index in [0.29, 0.717) is 16.4 Å². The molecule has 0 saturated carbocycles. The van der Waals surface area contributed by atoms with Gasteiger partial charge in [0.15, 0.2) is 0 Å². The van der Waals surface area contributed by atoms with Crippen LogP contribution >= 0.6 is 0 Å². The average Bonchev–Trinajstić information content (AvgIpc) is 2.87. The van der Waals surface area contributed by atoms with Gasteiger partial charge >= 0.3 is 12.4 Å². The van der Waals surface area contributed by atoms with E-state index < -0.39 is 56.9 Å². The number of hydrogen-bond acceptors (Lipinski definition) is 4. The number of carbonyl (C=O) groups excluding carboxylic acids is 2. The number of alkyl halides is 6. The van der Waals surface area contributed by atoms with E-state index in [1.54, 1.807) is 0 Å². The van der Waals surface area contributed by atoms with Gasteiger partial charge in [-0.25, -0.2) is 12.7 Å². The molecule has 1 N–H and O–H groups in total. The van der Waals surface area contributed by atoms with Crippen LogP contribution in [0.4, 0.5) is 37.7 Å². The van der Waals surface area contributed by atoms with Crippen LogP contribution in [0.1, 0.15) is 28.4 Å². The van der Waals surface area contributed by atoms with Crippen LogP contribution in [-0.2, 0) is 27.2 Å². The molecule has 2 aromatic rings. The molecular formula is C19H14F6N2O4S. The third-order valence-corrected chi connectivity index (χ3v) is 6.44. The number of amides is 2. The van der Waals surface area contributed by atoms with Gasteiger partial charge in [-0.15, -0.1) is 0 Å². The fraction of sp³-hybridized carbons (Fsp3) is 0.263. The van der Waals surface area contributed by atoms with E-state index in [0.717, 1.165) is 24.3 Å². The van der Waals surface area contributed by atoms with Crippen LogP contribution in [0.2, 0.25) is 0 Å². The van der Waals surface area contributed by atoms with Crippen LogP contribution < -0.4 is 9.62 Å². The van der Waals surface area contributed by atoms with Crippen molar-refractivity contribution >= 4 is 33.2 Å². The van der Waals surface area contributed by atoms with Crippen LogP contribution in [-0.4, -0.2) is 26.0 Å². The highest BCUT2D eigenvalue weighted by Crippen LogP contribution is 2.37. The molecule has 1 heterocycles. The summed E-state index contributed by atoms with van der Waals surface area (Å²) in [4.78, 5) is 24.4. The standard InChI is InChI=1S/C19H14F6N2O4S/c1-10-9-32(30,31)27(17(10)29)15-4-2-11(3-5-15)16(28)26-14-7-12(18(20,21)22)6-13(8-14)19(23,24)25/h2-8,10H,9H2,1H3,(H,26,28). The van der Waals surface area contributed by atoms with Crippen molar-refractivity contribution in [3.8, 4) is 0 Å². The third kappa shape index (κ3) is 4.71. The first-order chi connectivity index (χ1) is 14.6. The van der Waals surface area contributed by atoms with E-state index in [2.05, 4.69) is 0 Å². The molecule has 0 aromatic heterocycles. The van der Waals surface area contributed by atoms with Gasteiger partial charge in [-0.05, 0) is 42.5 Å². The Morgan fingerprint density at radius 3 is 1.88 bits per heavy atom. The number of hydrogen-bond donors (Lipinski definition) is 1. The third-order valence-electron chi connectivity index (χ3n) is 4.57. The number of benzene rings is 2. The van der Waals surface area contributed by atoms with Crippen molar-refractivity contribution in [2.45, 2.75) is 19.3 Å². The van der Waals surface area contributed by atoms with Gasteiger partial charge < -0.3 is 5.32 Å². The molecule has 1 saturated heterocycles. The summed E-state index contributed by atoms with van der Waals surface area (Å²) in [6.45, 7) is 1.44. The molecular weight excluding hydrogens is 466 g/mol. The molecule has 1 unspecified atom stereocenters. The SMILES string of the molecule is CC1CS(=O)(=O)N(c2ccc(C(=O)Nc3cc(C(F)(F)F)cc(C(F)(F)F)c3)cc2)C1=O. The van der Waals surface area contributed by atoms with E-state index in [9.17, 15) is 44.3 Å². The first kappa shape index (κ1) is 23.6. The number of carbonyl (C=O) groups is 2. The molecule has 32 heavy (non-hydrogen) atoms. The second-order valence-electron chi connectivity index (χ2n) is 7.08. The highest BCUT2D eigenvalue weighted by molar-refractivity contribution is 7.94. The van der Waals surface area contributed by atoms with Crippen molar-refractivity contribution in [2.75, 3.05) is 15.4 Å². The predicted molar refractivity (Wildman–Crippen MR) is 101 cm³/mol. The summed E-state index contributed by atoms with van der Waals surface area (Å²) in [6, 6.07) is 5.10. The molecule has 13 heteroatoms. The lowest BCUT2D eigenvalue weighted by Crippen LogP contribution is -2.30. The smallest absolute Gasteiger partial charge is 0.322 e. The Morgan fingerprint density at radius 2 is 1.47 bits per heavy atom. The number of nitrogens with zero attached hydrogens (tertiary/aromatic N) is 1. The highest BCUT2D eigenvalue weighted by Gasteiger charge is 2.42. The summed E-state index contributed by atoms with van der Waals surface area (Å²) < 4.78 is 103. The molecule has 0 radical (unpaired) electrons. The van der Waals surface area contributed by atoms with Crippen LogP contribution in [0.15, 0.2) is 42.5 Å². The molecule has 172 valence electrons. The van der Waals surface area contributed by atoms with Crippen molar-refractivity contribution < 1.29 is 44.3 Å². The number of anilines is 2. The van der Waals surface area contributed by atoms with Gasteiger partial charge in [-0.3, -0.25) is 9.59 Å². The molecule has 2 aromatic carbocycles. The van der Waals surface area contributed by atoms with Crippen molar-refractivity contribution in [1.29, 1.82) is 0 Å². The lowest BCUT2D eigenvalue weighted by atomic mass is 10.1. The number of sulfonamides is 1. The van der Waals surface area contributed by atoms with Crippen molar-refractivity contribution in [2.24, 2.45) is 5.92 Å². The Hall–Kier alpha value is -3.09. The van der Waals surface area contributed by atoms with Gasteiger partial charge in [0.1, 0.15) is 0 Å². The molecule has 0 bridgehead atoms. The minimum atomic E-state index is -5.08. The first-order valence-electron chi connectivity index (χ1n) is 8.87. The summed E-state index contributed by atoms with van der Waals surface area (Å²) in [5.74, 6) is -2.84. The normalized spacial score (nSPS) is 18.7. The maximum atomic E-state index is 12.9. The van der Waals surface area contributed by atoms with Gasteiger partial charge in [0.2, 0.25) is 15.9 Å². The topological polar surface area (TPSA) is 83.6 Å². The number of halogens is 6. The Balaban J connectivity index is 1.88. The van der Waals surface area contributed by atoms with Gasteiger partial charge in [-0.2, -0.15) is 26.3 Å². The summed E-state index contributed by atoms with van der Waals surface area (Å²) in [5.41, 5.74) is -4.15. The van der Waals surface area contributed by atoms with E-state index in [1.165, 1.54) is 6.92 Å². The van der Waals surface area contributed by atoms with Crippen LogP contribution in [0.5, 0.6) is 0 Å². The highest BCUT2D eigenvalue weighted by atomic mass is 32.2. The van der Waals surface area contributed by atoms with Crippen molar-refractivity contribution in [3.63, 3.8) is 0 Å². The van der Waals surface area contributed by atoms with Crippen molar-refractivity contribution in [3.05, 3.63) is 59.2 Å². The second-order valence-corrected chi connectivity index (χ2v) is 8.94. The van der Waals surface area contributed by atoms with Crippen LogP contribution in [0.25, 0.3) is 0 Å². The molecule has 3 rings (SSSR count). The molecule has 2 amide bonds. The van der Waals surface area contributed by atoms with Crippen molar-refractivity contribution in [1.82, 2.24) is 0 Å². The monoisotopic (exact) mass is 480 g/mol. The largest absolute Gasteiger partial charge is 0.416 e. The van der Waals surface area contributed by atoms with Gasteiger partial charge in [-0.1, -0.05) is 6.92 Å². The zero-order valence-electron chi connectivity index (χ0n) is 16.1. The summed E-state index contributed by atoms with van der Waals surface area (Å²) >= 11 is 0. The minimum Gasteiger partial charge on any atom is -0.322 e. The number of nitrogens with one attached hydrogen (secondary N) is 1. The fourth-order valence-electron chi connectivity index (χ4n) is 3.07. The molecule has 0 spiro atoms. The Bertz CT molecular complexity index is 1140. The van der Waals surface area contributed by atoms with Gasteiger partial charge in [0.25, 0.3) is 5.91 Å². The molecule has 0 aliphatic carbocycles. The lowest BCUT2D eigenvalue weighted by Gasteiger charge is -2.16. The van der Waals surface area contributed by atoms with Crippen LogP contribution in [0.3, 0.4) is 0 Å². The summed E-state index contributed by atoms with van der Waals surface area (Å²) in [7, 11) is -3.89. The lowest BCUT2D eigenvalue weighted by molar-refractivity contribution is -0.143. The molecule has 1 fully saturated rings. The second kappa shape index (κ2) is 7.80. The van der Waals surface area contributed by atoms with Gasteiger partial charge in [0, 0.05) is 11.3 Å². The average molecular weight is 480 g/mol. The first-order valence-corrected chi connectivity index (χ1v) is 10.5. The van der Waals surface area contributed by atoms with E-state index in [1.807, 2.05) is 5.32 Å². The fourth-order valence-corrected chi connectivity index (χ4v) is 4.89. The number of rotatable bonds is 3. The summed E-state index contributed by atoms with van der Waals surface area (Å²) in [5, 5.41) is 1.97. The maximum Gasteiger partial charge on any atom is 0.416 e. The minimum absolute atomic E-state index is 0.0469. The van der Waals surface area contributed by atoms with E-state index >= 15 is 0 Å². The molecule has 1 atom stereocenters. The Morgan fingerprint density at radius 1 is 0.969 bits per heavy atom. The quantitative estimate of drug-likeness (QED) is 0.665. The molecule has 1 aliphatic rings. The maximum absolute atomic E-state index is 12.9. The Labute approximate surface area is 177 Å².